The molecule has 1 atom stereocenters. The van der Waals surface area contributed by atoms with Crippen LogP contribution in [-0.2, 0) is 11.2 Å². The number of ether oxygens (including phenoxy) is 3. The molecule has 0 aliphatic carbocycles. The zero-order valence-electron chi connectivity index (χ0n) is 15.3. The van der Waals surface area contributed by atoms with Gasteiger partial charge in [0.15, 0.2) is 17.6 Å². The van der Waals surface area contributed by atoms with Gasteiger partial charge in [-0.15, -0.1) is 0 Å². The van der Waals surface area contributed by atoms with Crippen LogP contribution >= 0.6 is 0 Å². The van der Waals surface area contributed by atoms with Gasteiger partial charge in [-0.2, -0.15) is 0 Å². The molecule has 0 unspecified atom stereocenters. The van der Waals surface area contributed by atoms with Gasteiger partial charge in [0.2, 0.25) is 5.91 Å². The van der Waals surface area contributed by atoms with E-state index in [0.717, 1.165) is 22.4 Å². The van der Waals surface area contributed by atoms with Gasteiger partial charge in [-0.3, -0.25) is 4.79 Å². The number of furan rings is 1. The highest BCUT2D eigenvalue weighted by atomic mass is 16.6. The highest BCUT2D eigenvalue weighted by molar-refractivity contribution is 5.88. The molecule has 0 radical (unpaired) electrons. The first kappa shape index (κ1) is 17.3. The van der Waals surface area contributed by atoms with Gasteiger partial charge in [-0.05, 0) is 24.3 Å². The first-order valence-electron chi connectivity index (χ1n) is 8.80. The number of methoxy groups -OCH3 is 1. The summed E-state index contributed by atoms with van der Waals surface area (Å²) in [6.45, 7) is 0.875. The average molecular weight is 367 g/mol. The van der Waals surface area contributed by atoms with E-state index in [9.17, 15) is 4.79 Å². The number of hydrogen-bond donors (Lipinski definition) is 0. The fraction of sp³-hybridized carbons (Fsp3) is 0.286. The van der Waals surface area contributed by atoms with Gasteiger partial charge in [0.1, 0.15) is 17.9 Å². The predicted octanol–water partition coefficient (Wildman–Crippen LogP) is 3.28. The minimum Gasteiger partial charge on any atom is -0.497 e. The van der Waals surface area contributed by atoms with Crippen molar-refractivity contribution in [1.29, 1.82) is 0 Å². The molecule has 0 bridgehead atoms. The third kappa shape index (κ3) is 3.56. The summed E-state index contributed by atoms with van der Waals surface area (Å²) in [6, 6.07) is 13.1. The van der Waals surface area contributed by atoms with Gasteiger partial charge in [0.05, 0.1) is 26.3 Å². The number of rotatable bonds is 5. The lowest BCUT2D eigenvalue weighted by Crippen LogP contribution is -2.42. The molecule has 0 spiro atoms. The van der Waals surface area contributed by atoms with Crippen molar-refractivity contribution in [2.45, 2.75) is 12.5 Å². The SMILES string of the molecule is COc1ccc2c(CC(=O)N(C)C[C@H]3COc4ccccc4O3)coc2c1. The smallest absolute Gasteiger partial charge is 0.227 e. The van der Waals surface area contributed by atoms with E-state index in [1.165, 1.54) is 0 Å². The largest absolute Gasteiger partial charge is 0.497 e. The molecule has 0 fully saturated rings. The van der Waals surface area contributed by atoms with Crippen molar-refractivity contribution in [2.24, 2.45) is 0 Å². The van der Waals surface area contributed by atoms with Crippen molar-refractivity contribution in [3.8, 4) is 17.2 Å². The number of amides is 1. The van der Waals surface area contributed by atoms with Crippen LogP contribution in [0.2, 0.25) is 0 Å². The van der Waals surface area contributed by atoms with E-state index in [1.807, 2.05) is 42.5 Å². The second kappa shape index (κ2) is 7.23. The lowest BCUT2D eigenvalue weighted by atomic mass is 10.1. The quantitative estimate of drug-likeness (QED) is 0.693. The molecular formula is C21H21NO5. The summed E-state index contributed by atoms with van der Waals surface area (Å²) in [5, 5.41) is 0.920. The fourth-order valence-corrected chi connectivity index (χ4v) is 3.19. The normalized spacial score (nSPS) is 15.6. The lowest BCUT2D eigenvalue weighted by Gasteiger charge is -2.29. The van der Waals surface area contributed by atoms with Gasteiger partial charge < -0.3 is 23.5 Å². The predicted molar refractivity (Wildman–Crippen MR) is 100 cm³/mol. The van der Waals surface area contributed by atoms with E-state index < -0.39 is 0 Å². The summed E-state index contributed by atoms with van der Waals surface area (Å²) in [5.74, 6) is 2.17. The van der Waals surface area contributed by atoms with Gasteiger partial charge in [0, 0.05) is 24.1 Å². The average Bonchev–Trinajstić information content (AvgIpc) is 3.09. The van der Waals surface area contributed by atoms with Gasteiger partial charge in [-0.25, -0.2) is 0 Å². The molecule has 0 saturated carbocycles. The Morgan fingerprint density at radius 3 is 2.85 bits per heavy atom. The summed E-state index contributed by atoms with van der Waals surface area (Å²) < 4.78 is 22.4. The van der Waals surface area contributed by atoms with E-state index in [2.05, 4.69) is 0 Å². The van der Waals surface area contributed by atoms with Crippen molar-refractivity contribution >= 4 is 16.9 Å². The maximum absolute atomic E-state index is 12.7. The molecular weight excluding hydrogens is 346 g/mol. The second-order valence-corrected chi connectivity index (χ2v) is 6.57. The van der Waals surface area contributed by atoms with Crippen molar-refractivity contribution in [1.82, 2.24) is 4.90 Å². The Hall–Kier alpha value is -3.15. The van der Waals surface area contributed by atoms with Crippen molar-refractivity contribution in [2.75, 3.05) is 27.3 Å². The minimum absolute atomic E-state index is 0.00373. The molecule has 1 aromatic heterocycles. The standard InChI is InChI=1S/C21H21NO5/c1-22(11-16-13-26-18-5-3-4-6-19(18)27-16)21(23)9-14-12-25-20-10-15(24-2)7-8-17(14)20/h3-8,10,12,16H,9,11,13H2,1-2H3/t16-/m0/s1. The van der Waals surface area contributed by atoms with Crippen LogP contribution in [0.5, 0.6) is 17.2 Å². The number of hydrogen-bond acceptors (Lipinski definition) is 5. The van der Waals surface area contributed by atoms with E-state index >= 15 is 0 Å². The maximum atomic E-state index is 12.7. The Kier molecular flexibility index (Phi) is 4.62. The zero-order valence-corrected chi connectivity index (χ0v) is 15.3. The van der Waals surface area contributed by atoms with Crippen LogP contribution in [0.4, 0.5) is 0 Å². The Balaban J connectivity index is 1.40. The summed E-state index contributed by atoms with van der Waals surface area (Å²) in [6.07, 6.45) is 1.70. The fourth-order valence-electron chi connectivity index (χ4n) is 3.19. The van der Waals surface area contributed by atoms with Gasteiger partial charge >= 0.3 is 0 Å². The topological polar surface area (TPSA) is 61.1 Å². The third-order valence-electron chi connectivity index (χ3n) is 4.68. The molecule has 0 N–H and O–H groups in total. The van der Waals surface area contributed by atoms with E-state index in [1.54, 1.807) is 25.3 Å². The summed E-state index contributed by atoms with van der Waals surface area (Å²) in [5.41, 5.74) is 1.57. The number of para-hydroxylation sites is 2. The number of carbonyl (C=O) groups is 1. The Morgan fingerprint density at radius 2 is 2.04 bits per heavy atom. The molecule has 6 heteroatoms. The van der Waals surface area contributed by atoms with Gasteiger partial charge in [0.25, 0.3) is 0 Å². The number of nitrogens with zero attached hydrogens (tertiary/aromatic N) is 1. The number of likely N-dealkylation sites (N-methyl/N-ethyl adjacent to an activating group) is 1. The minimum atomic E-state index is -0.195. The van der Waals surface area contributed by atoms with Crippen LogP contribution in [0.1, 0.15) is 5.56 Å². The van der Waals surface area contributed by atoms with E-state index in [-0.39, 0.29) is 18.4 Å². The molecule has 6 nitrogen and oxygen atoms in total. The first-order chi connectivity index (χ1) is 13.1. The Labute approximate surface area is 157 Å². The van der Waals surface area contributed by atoms with Crippen LogP contribution < -0.4 is 14.2 Å². The molecule has 1 aliphatic rings. The molecule has 27 heavy (non-hydrogen) atoms. The van der Waals surface area contributed by atoms with Crippen LogP contribution in [0.25, 0.3) is 11.0 Å². The van der Waals surface area contributed by atoms with Crippen molar-refractivity contribution in [3.63, 3.8) is 0 Å². The molecule has 3 aromatic rings. The first-order valence-corrected chi connectivity index (χ1v) is 8.80. The number of fused-ring (bicyclic) bond motifs is 2. The summed E-state index contributed by atoms with van der Waals surface area (Å²) in [4.78, 5) is 14.3. The Bertz CT molecular complexity index is 964. The number of carbonyl (C=O) groups excluding carboxylic acids is 1. The molecule has 4 rings (SSSR count). The third-order valence-corrected chi connectivity index (χ3v) is 4.68. The highest BCUT2D eigenvalue weighted by Crippen LogP contribution is 2.31. The molecule has 2 heterocycles. The van der Waals surface area contributed by atoms with Crippen LogP contribution in [0.3, 0.4) is 0 Å². The molecule has 140 valence electrons. The Morgan fingerprint density at radius 1 is 1.22 bits per heavy atom. The summed E-state index contributed by atoms with van der Waals surface area (Å²) in [7, 11) is 3.39. The molecule has 1 amide bonds. The van der Waals surface area contributed by atoms with Crippen LogP contribution in [0, 0.1) is 0 Å². The van der Waals surface area contributed by atoms with Crippen LogP contribution in [0.15, 0.2) is 53.1 Å². The van der Waals surface area contributed by atoms with Crippen molar-refractivity contribution < 1.29 is 23.4 Å². The van der Waals surface area contributed by atoms with E-state index in [4.69, 9.17) is 18.6 Å². The lowest BCUT2D eigenvalue weighted by molar-refractivity contribution is -0.130. The highest BCUT2D eigenvalue weighted by Gasteiger charge is 2.24. The van der Waals surface area contributed by atoms with E-state index in [0.29, 0.717) is 24.5 Å². The number of benzene rings is 2. The summed E-state index contributed by atoms with van der Waals surface area (Å²) >= 11 is 0. The van der Waals surface area contributed by atoms with Crippen LogP contribution in [-0.4, -0.2) is 44.2 Å². The maximum Gasteiger partial charge on any atom is 0.227 e. The zero-order chi connectivity index (χ0) is 18.8. The molecule has 1 aliphatic heterocycles. The molecule has 2 aromatic carbocycles. The monoisotopic (exact) mass is 367 g/mol. The van der Waals surface area contributed by atoms with Gasteiger partial charge in [-0.1, -0.05) is 12.1 Å². The molecule has 0 saturated heterocycles. The van der Waals surface area contributed by atoms with Crippen molar-refractivity contribution in [3.05, 3.63) is 54.3 Å². The second-order valence-electron chi connectivity index (χ2n) is 6.57.